The minimum Gasteiger partial charge on any atom is -0.361 e. The quantitative estimate of drug-likeness (QED) is 0.806. The lowest BCUT2D eigenvalue weighted by atomic mass is 10.1. The van der Waals surface area contributed by atoms with Crippen molar-refractivity contribution in [2.24, 2.45) is 5.92 Å². The van der Waals surface area contributed by atoms with E-state index in [1.807, 2.05) is 27.7 Å². The summed E-state index contributed by atoms with van der Waals surface area (Å²) in [6.07, 6.45) is 0.998. The number of amides is 1. The number of nitrogens with one attached hydrogen (secondary N) is 2. The standard InChI is InChI=1S/C15H27N3O2/c1-9(2)7-8-16-15(19)12(5)17-10(3)14-11(4)18-20-13(14)6/h9-10,12,17H,7-8H2,1-6H3,(H,16,19). The molecule has 2 N–H and O–H groups in total. The molecule has 0 saturated carbocycles. The molecule has 0 aliphatic rings. The molecule has 1 heterocycles. The first-order valence-corrected chi connectivity index (χ1v) is 7.29. The zero-order chi connectivity index (χ0) is 15.3. The topological polar surface area (TPSA) is 67.2 Å². The summed E-state index contributed by atoms with van der Waals surface area (Å²) in [6.45, 7) is 12.7. The van der Waals surface area contributed by atoms with Gasteiger partial charge in [0.15, 0.2) is 0 Å². The largest absolute Gasteiger partial charge is 0.361 e. The Labute approximate surface area is 121 Å². The van der Waals surface area contributed by atoms with Gasteiger partial charge in [-0.1, -0.05) is 19.0 Å². The van der Waals surface area contributed by atoms with E-state index in [4.69, 9.17) is 4.52 Å². The number of hydrogen-bond donors (Lipinski definition) is 2. The Balaban J connectivity index is 2.49. The third-order valence-electron chi connectivity index (χ3n) is 3.44. The third kappa shape index (κ3) is 4.63. The van der Waals surface area contributed by atoms with Crippen LogP contribution in [0, 0.1) is 19.8 Å². The van der Waals surface area contributed by atoms with Crippen molar-refractivity contribution < 1.29 is 9.32 Å². The zero-order valence-corrected chi connectivity index (χ0v) is 13.4. The van der Waals surface area contributed by atoms with E-state index < -0.39 is 0 Å². The fourth-order valence-electron chi connectivity index (χ4n) is 2.28. The van der Waals surface area contributed by atoms with Gasteiger partial charge in [0.05, 0.1) is 11.7 Å². The fraction of sp³-hybridized carbons (Fsp3) is 0.733. The average Bonchev–Trinajstić information content (AvgIpc) is 2.68. The lowest BCUT2D eigenvalue weighted by Crippen LogP contribution is -2.43. The van der Waals surface area contributed by atoms with Crippen LogP contribution in [0.1, 0.15) is 57.2 Å². The molecule has 0 radical (unpaired) electrons. The first kappa shape index (κ1) is 16.7. The SMILES string of the molecule is Cc1noc(C)c1C(C)NC(C)C(=O)NCCC(C)C. The minimum absolute atomic E-state index is 0.0317. The molecule has 0 aliphatic carbocycles. The molecule has 0 spiro atoms. The summed E-state index contributed by atoms with van der Waals surface area (Å²) in [7, 11) is 0. The van der Waals surface area contributed by atoms with Gasteiger partial charge in [-0.3, -0.25) is 10.1 Å². The summed E-state index contributed by atoms with van der Waals surface area (Å²) in [5.41, 5.74) is 1.90. The number of nitrogens with zero attached hydrogens (tertiary/aromatic N) is 1. The molecule has 1 amide bonds. The van der Waals surface area contributed by atoms with Crippen molar-refractivity contribution in [1.82, 2.24) is 15.8 Å². The highest BCUT2D eigenvalue weighted by atomic mass is 16.5. The molecule has 0 aliphatic heterocycles. The maximum Gasteiger partial charge on any atom is 0.236 e. The maximum absolute atomic E-state index is 12.0. The average molecular weight is 281 g/mol. The van der Waals surface area contributed by atoms with Crippen LogP contribution in [0.15, 0.2) is 4.52 Å². The fourth-order valence-corrected chi connectivity index (χ4v) is 2.28. The highest BCUT2D eigenvalue weighted by Gasteiger charge is 2.20. The molecule has 0 bridgehead atoms. The molecule has 2 unspecified atom stereocenters. The smallest absolute Gasteiger partial charge is 0.236 e. The molecule has 0 aromatic carbocycles. The van der Waals surface area contributed by atoms with E-state index in [1.165, 1.54) is 0 Å². The second kappa shape index (κ2) is 7.43. The first-order valence-electron chi connectivity index (χ1n) is 7.29. The number of carbonyl (C=O) groups is 1. The number of aromatic nitrogens is 1. The van der Waals surface area contributed by atoms with Crippen molar-refractivity contribution in [2.45, 2.75) is 60.0 Å². The van der Waals surface area contributed by atoms with Crippen LogP contribution in [0.2, 0.25) is 0 Å². The van der Waals surface area contributed by atoms with E-state index in [0.29, 0.717) is 5.92 Å². The van der Waals surface area contributed by atoms with E-state index in [1.54, 1.807) is 0 Å². The summed E-state index contributed by atoms with van der Waals surface area (Å²) in [5, 5.41) is 10.2. The van der Waals surface area contributed by atoms with E-state index in [-0.39, 0.29) is 18.0 Å². The van der Waals surface area contributed by atoms with Crippen molar-refractivity contribution >= 4 is 5.91 Å². The van der Waals surface area contributed by atoms with Gasteiger partial charge in [-0.05, 0) is 40.0 Å². The van der Waals surface area contributed by atoms with Crippen LogP contribution in [0.4, 0.5) is 0 Å². The van der Waals surface area contributed by atoms with E-state index in [2.05, 4.69) is 29.6 Å². The Morgan fingerprint density at radius 3 is 2.40 bits per heavy atom. The molecule has 0 saturated heterocycles. The Morgan fingerprint density at radius 1 is 1.25 bits per heavy atom. The second-order valence-corrected chi connectivity index (χ2v) is 5.82. The predicted octanol–water partition coefficient (Wildman–Crippen LogP) is 2.49. The number of aryl methyl sites for hydroxylation is 2. The zero-order valence-electron chi connectivity index (χ0n) is 13.4. The molecule has 114 valence electrons. The summed E-state index contributed by atoms with van der Waals surface area (Å²) < 4.78 is 5.16. The first-order chi connectivity index (χ1) is 9.32. The molecule has 0 fully saturated rings. The van der Waals surface area contributed by atoms with Gasteiger partial charge >= 0.3 is 0 Å². The molecule has 5 heteroatoms. The summed E-state index contributed by atoms with van der Waals surface area (Å²) in [6, 6.07) is -0.210. The molecule has 5 nitrogen and oxygen atoms in total. The van der Waals surface area contributed by atoms with Gasteiger partial charge in [0.2, 0.25) is 5.91 Å². The van der Waals surface area contributed by atoms with Gasteiger partial charge < -0.3 is 9.84 Å². The van der Waals surface area contributed by atoms with Crippen LogP contribution in [0.25, 0.3) is 0 Å². The van der Waals surface area contributed by atoms with E-state index in [0.717, 1.165) is 30.0 Å². The highest BCUT2D eigenvalue weighted by molar-refractivity contribution is 5.81. The van der Waals surface area contributed by atoms with Crippen molar-refractivity contribution in [3.05, 3.63) is 17.0 Å². The minimum atomic E-state index is -0.245. The normalized spacial score (nSPS) is 14.3. The molecule has 1 rings (SSSR count). The molecule has 1 aromatic rings. The molecule has 20 heavy (non-hydrogen) atoms. The molecule has 2 atom stereocenters. The van der Waals surface area contributed by atoms with Crippen molar-refractivity contribution in [3.63, 3.8) is 0 Å². The lowest BCUT2D eigenvalue weighted by molar-refractivity contribution is -0.122. The monoisotopic (exact) mass is 281 g/mol. The van der Waals surface area contributed by atoms with E-state index in [9.17, 15) is 4.79 Å². The number of carbonyl (C=O) groups excluding carboxylic acids is 1. The van der Waals surface area contributed by atoms with Crippen molar-refractivity contribution in [3.8, 4) is 0 Å². The van der Waals surface area contributed by atoms with Gasteiger partial charge in [-0.15, -0.1) is 0 Å². The summed E-state index contributed by atoms with van der Waals surface area (Å²) in [4.78, 5) is 12.0. The molecule has 1 aromatic heterocycles. The van der Waals surface area contributed by atoms with Crippen LogP contribution < -0.4 is 10.6 Å². The lowest BCUT2D eigenvalue weighted by Gasteiger charge is -2.20. The third-order valence-corrected chi connectivity index (χ3v) is 3.44. The second-order valence-electron chi connectivity index (χ2n) is 5.82. The van der Waals surface area contributed by atoms with Crippen molar-refractivity contribution in [2.75, 3.05) is 6.54 Å². The molecular weight excluding hydrogens is 254 g/mol. The van der Waals surface area contributed by atoms with Crippen molar-refractivity contribution in [1.29, 1.82) is 0 Å². The Bertz CT molecular complexity index is 421. The summed E-state index contributed by atoms with van der Waals surface area (Å²) >= 11 is 0. The number of rotatable bonds is 7. The predicted molar refractivity (Wildman–Crippen MR) is 79.5 cm³/mol. The van der Waals surface area contributed by atoms with E-state index >= 15 is 0 Å². The van der Waals surface area contributed by atoms with Gasteiger partial charge in [-0.25, -0.2) is 0 Å². The van der Waals surface area contributed by atoms with Gasteiger partial charge in [-0.2, -0.15) is 0 Å². The Hall–Kier alpha value is -1.36. The van der Waals surface area contributed by atoms with Crippen LogP contribution in [0.3, 0.4) is 0 Å². The van der Waals surface area contributed by atoms with Crippen LogP contribution >= 0.6 is 0 Å². The van der Waals surface area contributed by atoms with Crippen LogP contribution in [-0.4, -0.2) is 23.7 Å². The number of hydrogen-bond acceptors (Lipinski definition) is 4. The maximum atomic E-state index is 12.0. The van der Waals surface area contributed by atoms with Crippen LogP contribution in [-0.2, 0) is 4.79 Å². The summed E-state index contributed by atoms with van der Waals surface area (Å²) in [5.74, 6) is 1.43. The Kier molecular flexibility index (Phi) is 6.20. The Morgan fingerprint density at radius 2 is 1.90 bits per heavy atom. The van der Waals surface area contributed by atoms with Gasteiger partial charge in [0, 0.05) is 18.2 Å². The van der Waals surface area contributed by atoms with Gasteiger partial charge in [0.25, 0.3) is 0 Å². The van der Waals surface area contributed by atoms with Crippen LogP contribution in [0.5, 0.6) is 0 Å². The highest BCUT2D eigenvalue weighted by Crippen LogP contribution is 2.21. The molecular formula is C15H27N3O2. The van der Waals surface area contributed by atoms with Gasteiger partial charge in [0.1, 0.15) is 5.76 Å².